The van der Waals surface area contributed by atoms with Crippen molar-refractivity contribution in [3.63, 3.8) is 0 Å². The van der Waals surface area contributed by atoms with Crippen molar-refractivity contribution in [3.8, 4) is 0 Å². The van der Waals surface area contributed by atoms with Gasteiger partial charge in [-0.1, -0.05) is 38.5 Å². The maximum atomic E-state index is 12.4. The van der Waals surface area contributed by atoms with E-state index in [4.69, 9.17) is 10.2 Å². The molecule has 114 valence electrons. The number of carbonyl (C=O) groups excluding carboxylic acids is 1. The fourth-order valence-electron chi connectivity index (χ4n) is 2.32. The normalized spacial score (nSPS) is 15.7. The minimum absolute atomic E-state index is 0.0442. The lowest BCUT2D eigenvalue weighted by molar-refractivity contribution is -0.134. The summed E-state index contributed by atoms with van der Waals surface area (Å²) in [7, 11) is 1.78. The third-order valence-electron chi connectivity index (χ3n) is 4.33. The van der Waals surface area contributed by atoms with E-state index in [1.807, 2.05) is 51.1 Å². The number of rotatable bonds is 5. The first-order chi connectivity index (χ1) is 9.95. The Morgan fingerprint density at radius 1 is 1.33 bits per heavy atom. The van der Waals surface area contributed by atoms with E-state index < -0.39 is 6.04 Å². The molecule has 1 aromatic heterocycles. The highest BCUT2D eigenvalue weighted by Crippen LogP contribution is 2.27. The number of carbonyl (C=O) groups is 1. The zero-order chi connectivity index (χ0) is 15.6. The lowest BCUT2D eigenvalue weighted by Gasteiger charge is -2.28. The molecule has 2 N–H and O–H groups in total. The molecule has 0 radical (unpaired) electrons. The Morgan fingerprint density at radius 2 is 2.00 bits per heavy atom. The van der Waals surface area contributed by atoms with Gasteiger partial charge < -0.3 is 15.1 Å². The summed E-state index contributed by atoms with van der Waals surface area (Å²) in [6.07, 6.45) is 0.889. The summed E-state index contributed by atoms with van der Waals surface area (Å²) in [4.78, 5) is 14.1. The van der Waals surface area contributed by atoms with Crippen LogP contribution in [0.25, 0.3) is 11.0 Å². The van der Waals surface area contributed by atoms with E-state index in [2.05, 4.69) is 0 Å². The Bertz CT molecular complexity index is 587. The van der Waals surface area contributed by atoms with E-state index in [1.165, 1.54) is 0 Å². The standard InChI is InChI=1S/C17H24N2O2/c1-5-11(2)16(18)17(20)19(4)12(3)15-10-13-8-6-7-9-14(13)21-15/h6-12,16H,5,18H2,1-4H3/t11-,12?,16-/m0/s1. The summed E-state index contributed by atoms with van der Waals surface area (Å²) in [5.74, 6) is 0.906. The van der Waals surface area contributed by atoms with Crippen LogP contribution in [0.15, 0.2) is 34.7 Å². The fourth-order valence-corrected chi connectivity index (χ4v) is 2.32. The third-order valence-corrected chi connectivity index (χ3v) is 4.33. The number of benzene rings is 1. The van der Waals surface area contributed by atoms with Crippen LogP contribution in [0.3, 0.4) is 0 Å². The van der Waals surface area contributed by atoms with Crippen molar-refractivity contribution >= 4 is 16.9 Å². The van der Waals surface area contributed by atoms with Gasteiger partial charge in [-0.05, 0) is 25.0 Å². The van der Waals surface area contributed by atoms with Gasteiger partial charge in [-0.15, -0.1) is 0 Å². The summed E-state index contributed by atoms with van der Waals surface area (Å²) < 4.78 is 5.83. The first kappa shape index (κ1) is 15.6. The Balaban J connectivity index is 2.18. The molecule has 4 nitrogen and oxygen atoms in total. The largest absolute Gasteiger partial charge is 0.459 e. The minimum atomic E-state index is -0.466. The Kier molecular flexibility index (Phi) is 4.68. The van der Waals surface area contributed by atoms with Crippen LogP contribution in [0.4, 0.5) is 0 Å². The molecule has 21 heavy (non-hydrogen) atoms. The molecule has 0 fully saturated rings. The smallest absolute Gasteiger partial charge is 0.240 e. The molecule has 1 amide bonds. The van der Waals surface area contributed by atoms with Crippen LogP contribution in [0.2, 0.25) is 0 Å². The predicted molar refractivity (Wildman–Crippen MR) is 84.8 cm³/mol. The second-order valence-electron chi connectivity index (χ2n) is 5.72. The molecular formula is C17H24N2O2. The van der Waals surface area contributed by atoms with Gasteiger partial charge in [0.25, 0.3) is 0 Å². The average molecular weight is 288 g/mol. The number of para-hydroxylation sites is 1. The van der Waals surface area contributed by atoms with E-state index >= 15 is 0 Å². The summed E-state index contributed by atoms with van der Waals surface area (Å²) in [5, 5.41) is 1.05. The summed E-state index contributed by atoms with van der Waals surface area (Å²) in [6.45, 7) is 6.00. The molecule has 1 unspecified atom stereocenters. The van der Waals surface area contributed by atoms with Gasteiger partial charge >= 0.3 is 0 Å². The molecule has 0 aliphatic heterocycles. The van der Waals surface area contributed by atoms with Crippen LogP contribution in [0, 0.1) is 5.92 Å². The highest BCUT2D eigenvalue weighted by Gasteiger charge is 2.27. The Morgan fingerprint density at radius 3 is 2.62 bits per heavy atom. The molecule has 2 aromatic rings. The van der Waals surface area contributed by atoms with Gasteiger partial charge in [0.15, 0.2) is 0 Å². The molecule has 0 saturated carbocycles. The molecule has 2 rings (SSSR count). The van der Waals surface area contributed by atoms with E-state index in [0.717, 1.165) is 23.2 Å². The Hall–Kier alpha value is -1.81. The molecule has 4 heteroatoms. The molecule has 0 spiro atoms. The number of furan rings is 1. The van der Waals surface area contributed by atoms with Crippen molar-refractivity contribution in [1.82, 2.24) is 4.90 Å². The van der Waals surface area contributed by atoms with Gasteiger partial charge in [0.05, 0.1) is 12.1 Å². The topological polar surface area (TPSA) is 59.5 Å². The van der Waals surface area contributed by atoms with Gasteiger partial charge in [0.2, 0.25) is 5.91 Å². The number of likely N-dealkylation sites (N-methyl/N-ethyl adjacent to an activating group) is 1. The van der Waals surface area contributed by atoms with Crippen LogP contribution in [-0.4, -0.2) is 23.9 Å². The lowest BCUT2D eigenvalue weighted by Crippen LogP contribution is -2.46. The number of nitrogens with two attached hydrogens (primary N) is 1. The maximum absolute atomic E-state index is 12.4. The quantitative estimate of drug-likeness (QED) is 0.918. The van der Waals surface area contributed by atoms with Crippen molar-refractivity contribution in [2.24, 2.45) is 11.7 Å². The SMILES string of the molecule is CC[C@H](C)[C@H](N)C(=O)N(C)C(C)c1cc2ccccc2o1. The van der Waals surface area contributed by atoms with Gasteiger partial charge in [-0.3, -0.25) is 4.79 Å². The lowest BCUT2D eigenvalue weighted by atomic mass is 9.98. The second kappa shape index (κ2) is 6.31. The van der Waals surface area contributed by atoms with Crippen LogP contribution in [-0.2, 0) is 4.79 Å². The third kappa shape index (κ3) is 3.10. The molecule has 0 aliphatic rings. The van der Waals surface area contributed by atoms with Gasteiger partial charge in [0, 0.05) is 12.4 Å². The maximum Gasteiger partial charge on any atom is 0.240 e. The molecule has 0 saturated heterocycles. The molecular weight excluding hydrogens is 264 g/mol. The van der Waals surface area contributed by atoms with Gasteiger partial charge in [0.1, 0.15) is 11.3 Å². The molecule has 0 aliphatic carbocycles. The van der Waals surface area contributed by atoms with Crippen LogP contribution < -0.4 is 5.73 Å². The molecule has 1 aromatic carbocycles. The summed E-state index contributed by atoms with van der Waals surface area (Å²) in [6, 6.07) is 9.22. The second-order valence-corrected chi connectivity index (χ2v) is 5.72. The van der Waals surface area contributed by atoms with Crippen LogP contribution in [0.5, 0.6) is 0 Å². The zero-order valence-electron chi connectivity index (χ0n) is 13.2. The first-order valence-electron chi connectivity index (χ1n) is 7.46. The molecule has 0 bridgehead atoms. The number of nitrogens with zero attached hydrogens (tertiary/aromatic N) is 1. The predicted octanol–water partition coefficient (Wildman–Crippen LogP) is 3.33. The van der Waals surface area contributed by atoms with Crippen molar-refractivity contribution in [2.75, 3.05) is 7.05 Å². The van der Waals surface area contributed by atoms with Crippen molar-refractivity contribution < 1.29 is 9.21 Å². The highest BCUT2D eigenvalue weighted by atomic mass is 16.3. The van der Waals surface area contributed by atoms with Crippen LogP contribution >= 0.6 is 0 Å². The number of hydrogen-bond acceptors (Lipinski definition) is 3. The van der Waals surface area contributed by atoms with E-state index in [9.17, 15) is 4.79 Å². The summed E-state index contributed by atoms with van der Waals surface area (Å²) >= 11 is 0. The molecule has 1 heterocycles. The van der Waals surface area contributed by atoms with Crippen LogP contribution in [0.1, 0.15) is 39.0 Å². The van der Waals surface area contributed by atoms with Crippen molar-refractivity contribution in [1.29, 1.82) is 0 Å². The first-order valence-corrected chi connectivity index (χ1v) is 7.46. The Labute approximate surface area is 125 Å². The van der Waals surface area contributed by atoms with Crippen molar-refractivity contribution in [2.45, 2.75) is 39.3 Å². The number of fused-ring (bicyclic) bond motifs is 1. The summed E-state index contributed by atoms with van der Waals surface area (Å²) in [5.41, 5.74) is 6.88. The van der Waals surface area contributed by atoms with Crippen molar-refractivity contribution in [3.05, 3.63) is 36.1 Å². The van der Waals surface area contributed by atoms with E-state index in [1.54, 1.807) is 11.9 Å². The van der Waals surface area contributed by atoms with Gasteiger partial charge in [-0.2, -0.15) is 0 Å². The average Bonchev–Trinajstić information content (AvgIpc) is 2.95. The van der Waals surface area contributed by atoms with E-state index in [-0.39, 0.29) is 17.9 Å². The zero-order valence-corrected chi connectivity index (χ0v) is 13.2. The monoisotopic (exact) mass is 288 g/mol. The minimum Gasteiger partial charge on any atom is -0.459 e. The number of hydrogen-bond donors (Lipinski definition) is 1. The number of amides is 1. The fraction of sp³-hybridized carbons (Fsp3) is 0.471. The van der Waals surface area contributed by atoms with Gasteiger partial charge in [-0.25, -0.2) is 0 Å². The molecule has 3 atom stereocenters. The highest BCUT2D eigenvalue weighted by molar-refractivity contribution is 5.82. The van der Waals surface area contributed by atoms with E-state index in [0.29, 0.717) is 0 Å².